The summed E-state index contributed by atoms with van der Waals surface area (Å²) in [5.74, 6) is -0.473. The monoisotopic (exact) mass is 223 g/mol. The van der Waals surface area contributed by atoms with Crippen molar-refractivity contribution in [2.24, 2.45) is 0 Å². The second-order valence-corrected chi connectivity index (χ2v) is 3.77. The third kappa shape index (κ3) is 4.00. The van der Waals surface area contributed by atoms with Gasteiger partial charge in [0.05, 0.1) is 12.1 Å². The zero-order chi connectivity index (χ0) is 12.0. The lowest BCUT2D eigenvalue weighted by molar-refractivity contribution is -0.125. The third-order valence-corrected chi connectivity index (χ3v) is 2.40. The van der Waals surface area contributed by atoms with Gasteiger partial charge in [0.2, 0.25) is 5.91 Å². The maximum atomic E-state index is 10.9. The Morgan fingerprint density at radius 2 is 2.00 bits per heavy atom. The van der Waals surface area contributed by atoms with Crippen LogP contribution >= 0.6 is 0 Å². The molecular formula is C12H17NO3. The topological polar surface area (TPSA) is 69.6 Å². The van der Waals surface area contributed by atoms with Crippen LogP contribution in [0.2, 0.25) is 0 Å². The Morgan fingerprint density at radius 3 is 2.56 bits per heavy atom. The summed E-state index contributed by atoms with van der Waals surface area (Å²) in [5, 5.41) is 20.9. The smallest absolute Gasteiger partial charge is 0.246 e. The number of hydrogen-bond acceptors (Lipinski definition) is 3. The number of benzene rings is 1. The minimum Gasteiger partial charge on any atom is -0.391 e. The molecule has 0 heterocycles. The molecule has 0 bridgehead atoms. The first kappa shape index (κ1) is 12.7. The molecule has 2 atom stereocenters. The molecule has 0 fully saturated rings. The Bertz CT molecular complexity index is 326. The number of nitrogens with one attached hydrogen (secondary N) is 1. The van der Waals surface area contributed by atoms with Gasteiger partial charge in [-0.25, -0.2) is 0 Å². The summed E-state index contributed by atoms with van der Waals surface area (Å²) in [5.41, 5.74) is 1.01. The first-order valence-corrected chi connectivity index (χ1v) is 5.25. The van der Waals surface area contributed by atoms with Crippen LogP contribution in [-0.4, -0.2) is 34.9 Å². The molecular weight excluding hydrogens is 206 g/mol. The molecule has 88 valence electrons. The second kappa shape index (κ2) is 6.25. The normalized spacial score (nSPS) is 14.2. The van der Waals surface area contributed by atoms with E-state index in [2.05, 4.69) is 5.32 Å². The van der Waals surface area contributed by atoms with Crippen LogP contribution in [0.15, 0.2) is 30.3 Å². The Kier molecular flexibility index (Phi) is 4.95. The molecule has 0 saturated heterocycles. The summed E-state index contributed by atoms with van der Waals surface area (Å²) in [4.78, 5) is 10.9. The van der Waals surface area contributed by atoms with E-state index >= 15 is 0 Å². The fraction of sp³-hybridized carbons (Fsp3) is 0.417. The number of aliphatic hydroxyl groups excluding tert-OH is 2. The molecule has 1 amide bonds. The molecule has 4 nitrogen and oxygen atoms in total. The average Bonchev–Trinajstić information content (AvgIpc) is 2.30. The van der Waals surface area contributed by atoms with E-state index in [-0.39, 0.29) is 6.04 Å². The molecule has 1 aromatic rings. The van der Waals surface area contributed by atoms with Gasteiger partial charge in [-0.1, -0.05) is 30.3 Å². The van der Waals surface area contributed by atoms with Crippen molar-refractivity contribution in [2.75, 3.05) is 6.61 Å². The van der Waals surface area contributed by atoms with Crippen LogP contribution in [0.4, 0.5) is 0 Å². The number of carbonyl (C=O) groups is 1. The van der Waals surface area contributed by atoms with E-state index in [1.165, 1.54) is 0 Å². The Morgan fingerprint density at radius 1 is 1.38 bits per heavy atom. The van der Waals surface area contributed by atoms with Crippen LogP contribution in [0.1, 0.15) is 12.5 Å². The highest BCUT2D eigenvalue weighted by Gasteiger charge is 2.16. The van der Waals surface area contributed by atoms with Gasteiger partial charge in [-0.2, -0.15) is 0 Å². The van der Waals surface area contributed by atoms with Crippen molar-refractivity contribution in [1.29, 1.82) is 0 Å². The largest absolute Gasteiger partial charge is 0.391 e. The van der Waals surface area contributed by atoms with E-state index in [9.17, 15) is 9.90 Å². The van der Waals surface area contributed by atoms with Crippen LogP contribution in [0.25, 0.3) is 0 Å². The Balaban J connectivity index is 2.46. The highest BCUT2D eigenvalue weighted by atomic mass is 16.3. The molecule has 0 radical (unpaired) electrons. The number of aliphatic hydroxyl groups is 2. The van der Waals surface area contributed by atoms with Crippen LogP contribution in [0.5, 0.6) is 0 Å². The van der Waals surface area contributed by atoms with Crippen molar-refractivity contribution < 1.29 is 15.0 Å². The standard InChI is InChI=1S/C12H17NO3/c1-9(13-12(16)8-14)11(15)7-10-5-3-2-4-6-10/h2-6,9,11,14-15H,7-8H2,1H3,(H,13,16). The maximum Gasteiger partial charge on any atom is 0.246 e. The zero-order valence-corrected chi connectivity index (χ0v) is 9.26. The molecule has 2 unspecified atom stereocenters. The number of carbonyl (C=O) groups excluding carboxylic acids is 1. The predicted octanol–water partition coefficient (Wildman–Crippen LogP) is 0.0870. The minimum absolute atomic E-state index is 0.375. The minimum atomic E-state index is -0.655. The molecule has 16 heavy (non-hydrogen) atoms. The average molecular weight is 223 g/mol. The summed E-state index contributed by atoms with van der Waals surface area (Å²) in [6.45, 7) is 1.16. The lowest BCUT2D eigenvalue weighted by atomic mass is 10.0. The molecule has 4 heteroatoms. The quantitative estimate of drug-likeness (QED) is 0.662. The van der Waals surface area contributed by atoms with E-state index in [1.54, 1.807) is 6.92 Å². The Hall–Kier alpha value is -1.39. The van der Waals surface area contributed by atoms with E-state index in [0.717, 1.165) is 5.56 Å². The summed E-state index contributed by atoms with van der Waals surface area (Å²) >= 11 is 0. The number of amides is 1. The molecule has 0 aliphatic carbocycles. The van der Waals surface area contributed by atoms with Crippen molar-refractivity contribution >= 4 is 5.91 Å². The first-order valence-electron chi connectivity index (χ1n) is 5.25. The van der Waals surface area contributed by atoms with Gasteiger partial charge in [0.1, 0.15) is 6.61 Å². The van der Waals surface area contributed by atoms with Gasteiger partial charge >= 0.3 is 0 Å². The summed E-state index contributed by atoms with van der Waals surface area (Å²) in [6.07, 6.45) is -0.175. The first-order chi connectivity index (χ1) is 7.63. The lowest BCUT2D eigenvalue weighted by Gasteiger charge is -2.19. The highest BCUT2D eigenvalue weighted by Crippen LogP contribution is 2.05. The number of rotatable bonds is 5. The van der Waals surface area contributed by atoms with E-state index in [1.807, 2.05) is 30.3 Å². The third-order valence-electron chi connectivity index (χ3n) is 2.40. The van der Waals surface area contributed by atoms with Crippen molar-refractivity contribution in [1.82, 2.24) is 5.32 Å². The molecule has 0 aliphatic rings. The predicted molar refractivity (Wildman–Crippen MR) is 60.8 cm³/mol. The fourth-order valence-corrected chi connectivity index (χ4v) is 1.43. The van der Waals surface area contributed by atoms with Gasteiger partial charge in [0.25, 0.3) is 0 Å². The number of hydrogen-bond donors (Lipinski definition) is 3. The fourth-order valence-electron chi connectivity index (χ4n) is 1.43. The molecule has 1 rings (SSSR count). The van der Waals surface area contributed by atoms with Crippen LogP contribution in [0, 0.1) is 0 Å². The van der Waals surface area contributed by atoms with Gasteiger partial charge < -0.3 is 15.5 Å². The second-order valence-electron chi connectivity index (χ2n) is 3.77. The molecule has 0 saturated carbocycles. The molecule has 1 aromatic carbocycles. The van der Waals surface area contributed by atoms with Crippen molar-refractivity contribution in [3.05, 3.63) is 35.9 Å². The zero-order valence-electron chi connectivity index (χ0n) is 9.26. The van der Waals surface area contributed by atoms with Gasteiger partial charge in [0.15, 0.2) is 0 Å². The van der Waals surface area contributed by atoms with E-state index in [4.69, 9.17) is 5.11 Å². The maximum absolute atomic E-state index is 10.9. The summed E-state index contributed by atoms with van der Waals surface area (Å²) in [6, 6.07) is 9.18. The van der Waals surface area contributed by atoms with Crippen LogP contribution < -0.4 is 5.32 Å². The lowest BCUT2D eigenvalue weighted by Crippen LogP contribution is -2.43. The van der Waals surface area contributed by atoms with Crippen molar-refractivity contribution in [3.63, 3.8) is 0 Å². The SMILES string of the molecule is CC(NC(=O)CO)C(O)Cc1ccccc1. The van der Waals surface area contributed by atoms with Gasteiger partial charge in [-0.05, 0) is 12.5 Å². The van der Waals surface area contributed by atoms with E-state index < -0.39 is 18.6 Å². The van der Waals surface area contributed by atoms with Crippen LogP contribution in [-0.2, 0) is 11.2 Å². The van der Waals surface area contributed by atoms with Crippen LogP contribution in [0.3, 0.4) is 0 Å². The molecule has 0 aromatic heterocycles. The van der Waals surface area contributed by atoms with E-state index in [0.29, 0.717) is 6.42 Å². The van der Waals surface area contributed by atoms with Gasteiger partial charge in [0, 0.05) is 6.42 Å². The highest BCUT2D eigenvalue weighted by molar-refractivity contribution is 5.77. The molecule has 3 N–H and O–H groups in total. The Labute approximate surface area is 94.9 Å². The summed E-state index contributed by atoms with van der Waals surface area (Å²) in [7, 11) is 0. The van der Waals surface area contributed by atoms with Crippen molar-refractivity contribution in [2.45, 2.75) is 25.5 Å². The van der Waals surface area contributed by atoms with Gasteiger partial charge in [-0.15, -0.1) is 0 Å². The van der Waals surface area contributed by atoms with Gasteiger partial charge in [-0.3, -0.25) is 4.79 Å². The molecule has 0 aliphatic heterocycles. The summed E-state index contributed by atoms with van der Waals surface area (Å²) < 4.78 is 0. The molecule has 0 spiro atoms. The van der Waals surface area contributed by atoms with Crippen molar-refractivity contribution in [3.8, 4) is 0 Å².